The molecule has 4 rings (SSSR count). The summed E-state index contributed by atoms with van der Waals surface area (Å²) >= 11 is 5.33. The van der Waals surface area contributed by atoms with Crippen molar-refractivity contribution in [2.75, 3.05) is 5.32 Å². The fourth-order valence-electron chi connectivity index (χ4n) is 3.62. The molecule has 4 heteroatoms. The van der Waals surface area contributed by atoms with Gasteiger partial charge in [0.15, 0.2) is 0 Å². The summed E-state index contributed by atoms with van der Waals surface area (Å²) in [5.41, 5.74) is 7.11. The number of nitrogens with zero attached hydrogens (tertiary/aromatic N) is 1. The fraction of sp³-hybridized carbons (Fsp3) is 0.148. The van der Waals surface area contributed by atoms with Crippen molar-refractivity contribution in [2.45, 2.75) is 26.2 Å². The lowest BCUT2D eigenvalue weighted by atomic mass is 9.93. The predicted octanol–water partition coefficient (Wildman–Crippen LogP) is 6.51. The van der Waals surface area contributed by atoms with Gasteiger partial charge in [0.25, 0.3) is 0 Å². The molecule has 1 aromatic heterocycles. The van der Waals surface area contributed by atoms with Crippen LogP contribution < -0.4 is 5.32 Å². The molecule has 0 fully saturated rings. The molecular formula is C27H24N2OS. The molecule has 3 nitrogen and oxygen atoms in total. The van der Waals surface area contributed by atoms with Crippen LogP contribution >= 0.6 is 12.2 Å². The van der Waals surface area contributed by atoms with Crippen molar-refractivity contribution in [1.82, 2.24) is 4.98 Å². The Morgan fingerprint density at radius 1 is 1.03 bits per heavy atom. The second-order valence-corrected chi connectivity index (χ2v) is 8.30. The van der Waals surface area contributed by atoms with Crippen LogP contribution in [-0.4, -0.2) is 15.8 Å². The maximum Gasteiger partial charge on any atom is 0.231 e. The summed E-state index contributed by atoms with van der Waals surface area (Å²) in [5.74, 6) is -0.309. The van der Waals surface area contributed by atoms with E-state index in [1.165, 1.54) is 0 Å². The van der Waals surface area contributed by atoms with E-state index in [4.69, 9.17) is 12.2 Å². The number of carbonyl (C=O) groups is 1. The number of nitrogens with one attached hydrogen (secondary N) is 1. The zero-order chi connectivity index (χ0) is 21.8. The average molecular weight is 425 g/mol. The van der Waals surface area contributed by atoms with Crippen LogP contribution in [-0.2, 0) is 4.79 Å². The third kappa shape index (κ3) is 5.04. The first kappa shape index (κ1) is 20.9. The van der Waals surface area contributed by atoms with Gasteiger partial charge in [-0.1, -0.05) is 60.8 Å². The van der Waals surface area contributed by atoms with Gasteiger partial charge in [-0.05, 0) is 72.0 Å². The molecule has 1 N–H and O–H groups in total. The monoisotopic (exact) mass is 424 g/mol. The van der Waals surface area contributed by atoms with Gasteiger partial charge in [-0.3, -0.25) is 9.78 Å². The highest BCUT2D eigenvalue weighted by molar-refractivity contribution is 7.80. The van der Waals surface area contributed by atoms with E-state index < -0.39 is 0 Å². The van der Waals surface area contributed by atoms with Gasteiger partial charge in [0.1, 0.15) is 0 Å². The van der Waals surface area contributed by atoms with Gasteiger partial charge < -0.3 is 5.32 Å². The fourth-order valence-corrected chi connectivity index (χ4v) is 3.85. The highest BCUT2D eigenvalue weighted by Crippen LogP contribution is 2.26. The van der Waals surface area contributed by atoms with E-state index in [1.807, 2.05) is 74.7 Å². The molecule has 0 radical (unpaired) electrons. The van der Waals surface area contributed by atoms with Gasteiger partial charge in [-0.2, -0.15) is 0 Å². The van der Waals surface area contributed by atoms with E-state index in [9.17, 15) is 4.79 Å². The van der Waals surface area contributed by atoms with Crippen molar-refractivity contribution in [2.24, 2.45) is 0 Å². The second-order valence-electron chi connectivity index (χ2n) is 7.77. The van der Waals surface area contributed by atoms with E-state index in [1.54, 1.807) is 0 Å². The molecule has 1 heterocycles. The molecule has 0 aliphatic heterocycles. The standard InChI is InChI=1S/C27H24N2OS/c1-18-15-24(13-14-28-18)20-9-11-25(12-10-20)29-27(30)19(2)21-5-3-6-22(16-21)23-7-4-8-26(31)17-23/h3-7,9-17,19H,8H2,1-2H3,(H,29,30). The maximum atomic E-state index is 12.9. The first-order chi connectivity index (χ1) is 15.0. The Balaban J connectivity index is 1.47. The summed E-state index contributed by atoms with van der Waals surface area (Å²) in [6.07, 6.45) is 8.83. The number of pyridine rings is 1. The summed E-state index contributed by atoms with van der Waals surface area (Å²) in [4.78, 5) is 18.1. The molecular weight excluding hydrogens is 400 g/mol. The SMILES string of the molecule is Cc1cc(-c2ccc(NC(=O)C(C)c3cccc(C4=CC(=S)CC=C4)c3)cc2)ccn1. The molecule has 154 valence electrons. The number of carbonyl (C=O) groups excluding carboxylic acids is 1. The van der Waals surface area contributed by atoms with Crippen LogP contribution in [0.5, 0.6) is 0 Å². The van der Waals surface area contributed by atoms with Crippen LogP contribution in [0.4, 0.5) is 5.69 Å². The zero-order valence-electron chi connectivity index (χ0n) is 17.6. The van der Waals surface area contributed by atoms with Crippen molar-refractivity contribution < 1.29 is 4.79 Å². The summed E-state index contributed by atoms with van der Waals surface area (Å²) in [7, 11) is 0. The van der Waals surface area contributed by atoms with Gasteiger partial charge in [0.05, 0.1) is 5.92 Å². The van der Waals surface area contributed by atoms with E-state index in [2.05, 4.69) is 34.6 Å². The Bertz CT molecular complexity index is 1190. The summed E-state index contributed by atoms with van der Waals surface area (Å²) in [6.45, 7) is 3.90. The number of thiocarbonyl (C=S) groups is 1. The number of rotatable bonds is 5. The van der Waals surface area contributed by atoms with Crippen LogP contribution in [0, 0.1) is 6.92 Å². The Hall–Kier alpha value is -3.37. The van der Waals surface area contributed by atoms with Crippen LogP contribution in [0.15, 0.2) is 85.1 Å². The Morgan fingerprint density at radius 3 is 2.58 bits per heavy atom. The van der Waals surface area contributed by atoms with E-state index in [0.717, 1.165) is 50.5 Å². The quantitative estimate of drug-likeness (QED) is 0.475. The first-order valence-corrected chi connectivity index (χ1v) is 10.8. The summed E-state index contributed by atoms with van der Waals surface area (Å²) < 4.78 is 0. The molecule has 0 saturated carbocycles. The summed E-state index contributed by atoms with van der Waals surface area (Å²) in [6, 6.07) is 20.0. The molecule has 1 atom stereocenters. The normalized spacial score (nSPS) is 14.1. The second kappa shape index (κ2) is 9.19. The van der Waals surface area contributed by atoms with Crippen molar-refractivity contribution in [1.29, 1.82) is 0 Å². The van der Waals surface area contributed by atoms with Gasteiger partial charge in [-0.25, -0.2) is 0 Å². The van der Waals surface area contributed by atoms with Crippen LogP contribution in [0.1, 0.15) is 36.1 Å². The Morgan fingerprint density at radius 2 is 1.84 bits per heavy atom. The highest BCUT2D eigenvalue weighted by Gasteiger charge is 2.16. The molecule has 2 aromatic carbocycles. The smallest absolute Gasteiger partial charge is 0.231 e. The molecule has 0 bridgehead atoms. The minimum absolute atomic E-state index is 0.0339. The molecule has 1 aliphatic carbocycles. The Kier molecular flexibility index (Phi) is 6.19. The molecule has 3 aromatic rings. The molecule has 31 heavy (non-hydrogen) atoms. The third-order valence-corrected chi connectivity index (χ3v) is 5.71. The topological polar surface area (TPSA) is 42.0 Å². The predicted molar refractivity (Wildman–Crippen MR) is 132 cm³/mol. The average Bonchev–Trinajstić information content (AvgIpc) is 2.79. The van der Waals surface area contributed by atoms with Crippen LogP contribution in [0.3, 0.4) is 0 Å². The number of aromatic nitrogens is 1. The highest BCUT2D eigenvalue weighted by atomic mass is 32.1. The van der Waals surface area contributed by atoms with E-state index >= 15 is 0 Å². The first-order valence-electron chi connectivity index (χ1n) is 10.3. The molecule has 1 aliphatic rings. The number of allylic oxidation sites excluding steroid dienone is 4. The van der Waals surface area contributed by atoms with Crippen molar-refractivity contribution in [3.05, 3.63) is 102 Å². The van der Waals surface area contributed by atoms with Gasteiger partial charge in [-0.15, -0.1) is 0 Å². The van der Waals surface area contributed by atoms with E-state index in [0.29, 0.717) is 0 Å². The van der Waals surface area contributed by atoms with Crippen molar-refractivity contribution >= 4 is 34.3 Å². The summed E-state index contributed by atoms with van der Waals surface area (Å²) in [5, 5.41) is 3.04. The number of hydrogen-bond acceptors (Lipinski definition) is 3. The molecule has 0 saturated heterocycles. The number of anilines is 1. The third-order valence-electron chi connectivity index (χ3n) is 5.43. The van der Waals surface area contributed by atoms with Crippen LogP contribution in [0.25, 0.3) is 16.7 Å². The van der Waals surface area contributed by atoms with Crippen molar-refractivity contribution in [3.63, 3.8) is 0 Å². The minimum atomic E-state index is -0.275. The maximum absolute atomic E-state index is 12.9. The number of hydrogen-bond donors (Lipinski definition) is 1. The number of benzene rings is 2. The number of aryl methyl sites for hydroxylation is 1. The Labute approximate surface area is 188 Å². The van der Waals surface area contributed by atoms with Gasteiger partial charge in [0, 0.05) is 28.9 Å². The number of amides is 1. The zero-order valence-corrected chi connectivity index (χ0v) is 18.4. The lowest BCUT2D eigenvalue weighted by Crippen LogP contribution is -2.18. The van der Waals surface area contributed by atoms with E-state index in [-0.39, 0.29) is 11.8 Å². The molecule has 0 spiro atoms. The minimum Gasteiger partial charge on any atom is -0.326 e. The van der Waals surface area contributed by atoms with Crippen LogP contribution in [0.2, 0.25) is 0 Å². The lowest BCUT2D eigenvalue weighted by Gasteiger charge is -2.15. The van der Waals surface area contributed by atoms with Crippen molar-refractivity contribution in [3.8, 4) is 11.1 Å². The lowest BCUT2D eigenvalue weighted by molar-refractivity contribution is -0.117. The van der Waals surface area contributed by atoms with Gasteiger partial charge >= 0.3 is 0 Å². The molecule has 1 unspecified atom stereocenters. The van der Waals surface area contributed by atoms with Gasteiger partial charge in [0.2, 0.25) is 5.91 Å². The largest absolute Gasteiger partial charge is 0.326 e. The molecule has 1 amide bonds.